The number of nitrogens with one attached hydrogen (secondary N) is 3. The first-order valence-electron chi connectivity index (χ1n) is 9.31. The van der Waals surface area contributed by atoms with E-state index in [4.69, 9.17) is 0 Å². The third-order valence-electron chi connectivity index (χ3n) is 4.82. The number of hydrogen-bond acceptors (Lipinski definition) is 7. The van der Waals surface area contributed by atoms with Gasteiger partial charge in [0.15, 0.2) is 17.4 Å². The van der Waals surface area contributed by atoms with E-state index in [1.807, 2.05) is 0 Å². The summed E-state index contributed by atoms with van der Waals surface area (Å²) in [6, 6.07) is 2.06. The summed E-state index contributed by atoms with van der Waals surface area (Å²) in [6.07, 6.45) is 4.97. The van der Waals surface area contributed by atoms with E-state index in [1.54, 1.807) is 0 Å². The summed E-state index contributed by atoms with van der Waals surface area (Å²) < 4.78 is 45.2. The Morgan fingerprint density at radius 3 is 2.80 bits per heavy atom. The molecule has 11 heteroatoms. The summed E-state index contributed by atoms with van der Waals surface area (Å²) in [5.41, 5.74) is -0.549. The molecule has 1 unspecified atom stereocenters. The Kier molecular flexibility index (Phi) is 5.58. The smallest absolute Gasteiger partial charge is 0.201 e. The number of hydrogen-bond donors (Lipinski definition) is 3. The molecule has 0 radical (unpaired) electrons. The predicted octanol–water partition coefficient (Wildman–Crippen LogP) is 2.84. The van der Waals surface area contributed by atoms with Crippen LogP contribution < -0.4 is 10.0 Å². The van der Waals surface area contributed by atoms with E-state index in [1.165, 1.54) is 30.9 Å². The van der Waals surface area contributed by atoms with Crippen molar-refractivity contribution in [1.82, 2.24) is 19.3 Å². The molecule has 3 aromatic rings. The number of carbonyl (C=O) groups is 1. The van der Waals surface area contributed by atoms with Gasteiger partial charge < -0.3 is 14.9 Å². The molecule has 1 aliphatic carbocycles. The highest BCUT2D eigenvalue weighted by Crippen LogP contribution is 2.32. The van der Waals surface area contributed by atoms with E-state index >= 15 is 4.39 Å². The van der Waals surface area contributed by atoms with Crippen molar-refractivity contribution in [2.24, 2.45) is 5.92 Å². The van der Waals surface area contributed by atoms with Crippen molar-refractivity contribution in [3.8, 4) is 0 Å². The summed E-state index contributed by atoms with van der Waals surface area (Å²) in [5, 5.41) is 3.57. The lowest BCUT2D eigenvalue weighted by Gasteiger charge is -2.17. The van der Waals surface area contributed by atoms with Crippen LogP contribution in [0.3, 0.4) is 0 Å². The lowest BCUT2D eigenvalue weighted by atomic mass is 10.0. The fourth-order valence-electron chi connectivity index (χ4n) is 3.00. The van der Waals surface area contributed by atoms with Gasteiger partial charge in [0.25, 0.3) is 0 Å². The van der Waals surface area contributed by atoms with Crippen LogP contribution in [-0.2, 0) is 11.5 Å². The van der Waals surface area contributed by atoms with Gasteiger partial charge in [0, 0.05) is 26.8 Å². The lowest BCUT2D eigenvalue weighted by molar-refractivity contribution is 0.103. The Labute approximate surface area is 174 Å². The molecule has 0 aliphatic heterocycles. The molecule has 2 aromatic heterocycles. The number of benzene rings is 1. The zero-order valence-electron chi connectivity index (χ0n) is 16.3. The topological polar surface area (TPSA) is 109 Å². The third-order valence-corrected chi connectivity index (χ3v) is 5.87. The maximum atomic E-state index is 15.0. The average molecular weight is 434 g/mol. The summed E-state index contributed by atoms with van der Waals surface area (Å²) in [6.45, 7) is 0.698. The number of fused-ring (bicyclic) bond motifs is 1. The summed E-state index contributed by atoms with van der Waals surface area (Å²) >= 11 is -1.75. The molecule has 0 spiro atoms. The number of aromatic amines is 1. The number of aromatic nitrogens is 3. The molecular weight excluding hydrogens is 414 g/mol. The highest BCUT2D eigenvalue weighted by molar-refractivity contribution is 7.90. The van der Waals surface area contributed by atoms with Gasteiger partial charge in [-0.3, -0.25) is 4.79 Å². The van der Waals surface area contributed by atoms with E-state index in [-0.39, 0.29) is 11.3 Å². The number of H-pyrrole nitrogens is 1. The van der Waals surface area contributed by atoms with Crippen molar-refractivity contribution in [1.29, 1.82) is 0 Å². The second kappa shape index (κ2) is 8.17. The number of carbonyl (C=O) groups excluding carboxylic acids is 1. The summed E-state index contributed by atoms with van der Waals surface area (Å²) in [4.78, 5) is 24.3. The van der Waals surface area contributed by atoms with Crippen molar-refractivity contribution < 1.29 is 18.1 Å². The number of nitrogens with zero attached hydrogens (tertiary/aromatic N) is 3. The van der Waals surface area contributed by atoms with Gasteiger partial charge >= 0.3 is 0 Å². The van der Waals surface area contributed by atoms with Crippen molar-refractivity contribution in [2.75, 3.05) is 30.7 Å². The second-order valence-corrected chi connectivity index (χ2v) is 8.68. The van der Waals surface area contributed by atoms with Crippen LogP contribution in [0.1, 0.15) is 28.8 Å². The molecule has 0 saturated heterocycles. The Morgan fingerprint density at radius 1 is 1.33 bits per heavy atom. The molecule has 1 fully saturated rings. The van der Waals surface area contributed by atoms with Gasteiger partial charge in [-0.05, 0) is 30.9 Å². The molecule has 1 aliphatic rings. The highest BCUT2D eigenvalue weighted by Gasteiger charge is 2.28. The van der Waals surface area contributed by atoms with Crippen LogP contribution in [0.5, 0.6) is 0 Å². The first-order valence-corrected chi connectivity index (χ1v) is 10.4. The minimum atomic E-state index is -1.75. The first kappa shape index (κ1) is 20.5. The van der Waals surface area contributed by atoms with Gasteiger partial charge in [0.05, 0.1) is 16.5 Å². The Hall–Kier alpha value is -2.76. The Bertz CT molecular complexity index is 1100. The normalized spacial score (nSPS) is 14.9. The van der Waals surface area contributed by atoms with Crippen molar-refractivity contribution in [3.63, 3.8) is 0 Å². The van der Waals surface area contributed by atoms with E-state index in [0.717, 1.165) is 25.0 Å². The molecule has 2 heterocycles. The van der Waals surface area contributed by atoms with Gasteiger partial charge in [-0.1, -0.05) is 0 Å². The van der Waals surface area contributed by atoms with Gasteiger partial charge in [-0.25, -0.2) is 18.7 Å². The van der Waals surface area contributed by atoms with Crippen LogP contribution in [0.4, 0.5) is 20.3 Å². The van der Waals surface area contributed by atoms with Gasteiger partial charge in [0.1, 0.15) is 29.3 Å². The SMILES string of the molecule is CN(C)[S+]([O-])Nc1ccc(F)c(C(=O)c2c[nH]c3ncnc(NCC4CC4)c23)c1F. The molecule has 1 atom stereocenters. The van der Waals surface area contributed by atoms with E-state index in [2.05, 4.69) is 25.0 Å². The quantitative estimate of drug-likeness (QED) is 0.369. The summed E-state index contributed by atoms with van der Waals surface area (Å²) in [7, 11) is 3.05. The number of ketones is 1. The highest BCUT2D eigenvalue weighted by atomic mass is 32.2. The van der Waals surface area contributed by atoms with Crippen LogP contribution in [0.15, 0.2) is 24.7 Å². The maximum absolute atomic E-state index is 15.0. The van der Waals surface area contributed by atoms with Crippen molar-refractivity contribution in [2.45, 2.75) is 12.8 Å². The Morgan fingerprint density at radius 2 is 2.10 bits per heavy atom. The zero-order valence-corrected chi connectivity index (χ0v) is 17.1. The first-order chi connectivity index (χ1) is 14.4. The van der Waals surface area contributed by atoms with Crippen LogP contribution in [0.25, 0.3) is 11.0 Å². The van der Waals surface area contributed by atoms with E-state index in [9.17, 15) is 13.7 Å². The fraction of sp³-hybridized carbons (Fsp3) is 0.316. The van der Waals surface area contributed by atoms with Gasteiger partial charge in [-0.2, -0.15) is 4.72 Å². The van der Waals surface area contributed by atoms with Gasteiger partial charge in [0.2, 0.25) is 5.78 Å². The van der Waals surface area contributed by atoms with Crippen molar-refractivity contribution >= 4 is 39.9 Å². The average Bonchev–Trinajstić information content (AvgIpc) is 3.44. The zero-order chi connectivity index (χ0) is 21.4. The van der Waals surface area contributed by atoms with Crippen LogP contribution in [0.2, 0.25) is 0 Å². The fourth-order valence-corrected chi connectivity index (χ4v) is 3.53. The Balaban J connectivity index is 1.73. The molecule has 1 saturated carbocycles. The molecule has 158 valence electrons. The van der Waals surface area contributed by atoms with E-state index < -0.39 is 34.5 Å². The molecule has 0 bridgehead atoms. The minimum Gasteiger partial charge on any atom is -0.573 e. The molecule has 30 heavy (non-hydrogen) atoms. The molecule has 8 nitrogen and oxygen atoms in total. The number of anilines is 2. The molecule has 4 rings (SSSR count). The molecule has 3 N–H and O–H groups in total. The predicted molar refractivity (Wildman–Crippen MR) is 110 cm³/mol. The maximum Gasteiger partial charge on any atom is 0.201 e. The molecule has 1 aromatic carbocycles. The third kappa shape index (κ3) is 3.95. The number of rotatable bonds is 8. The van der Waals surface area contributed by atoms with Crippen molar-refractivity contribution in [3.05, 3.63) is 47.4 Å². The monoisotopic (exact) mass is 434 g/mol. The lowest BCUT2D eigenvalue weighted by Crippen LogP contribution is -2.29. The summed E-state index contributed by atoms with van der Waals surface area (Å²) in [5.74, 6) is -2.00. The van der Waals surface area contributed by atoms with Crippen LogP contribution in [0, 0.1) is 17.6 Å². The standard InChI is InChI=1S/C19H20F2N6O2S/c1-27(2)30(29)26-13-6-5-12(20)15(16(13)21)17(28)11-8-23-19-14(11)18(24-9-25-19)22-7-10-3-4-10/h5-6,8-10,26H,3-4,7H2,1-2H3,(H2,22,23,24,25). The molecular formula is C19H20F2N6O2S. The van der Waals surface area contributed by atoms with Gasteiger partial charge in [-0.15, -0.1) is 4.31 Å². The van der Waals surface area contributed by atoms with Crippen LogP contribution in [-0.4, -0.2) is 50.2 Å². The molecule has 0 amide bonds. The minimum absolute atomic E-state index is 0.0487. The number of halogens is 2. The van der Waals surface area contributed by atoms with Crippen LogP contribution >= 0.6 is 0 Å². The largest absolute Gasteiger partial charge is 0.573 e. The van der Waals surface area contributed by atoms with E-state index in [0.29, 0.717) is 29.3 Å². The second-order valence-electron chi connectivity index (χ2n) is 7.25.